The van der Waals surface area contributed by atoms with Gasteiger partial charge in [0.25, 0.3) is 5.91 Å². The van der Waals surface area contributed by atoms with Crippen molar-refractivity contribution in [2.45, 2.75) is 50.3 Å². The minimum Gasteiger partial charge on any atom is -0.296 e. The van der Waals surface area contributed by atoms with Crippen molar-refractivity contribution in [3.8, 4) is 0 Å². The lowest BCUT2D eigenvalue weighted by Crippen LogP contribution is -2.27. The molecule has 1 N–H and O–H groups in total. The molecule has 0 bridgehead atoms. The van der Waals surface area contributed by atoms with Crippen molar-refractivity contribution in [3.05, 3.63) is 34.8 Å². The van der Waals surface area contributed by atoms with Crippen LogP contribution in [0.2, 0.25) is 0 Å². The largest absolute Gasteiger partial charge is 0.296 e. The first-order chi connectivity index (χ1) is 13.0. The first-order valence-corrected chi connectivity index (χ1v) is 11.5. The third-order valence-corrected chi connectivity index (χ3v) is 7.73. The summed E-state index contributed by atoms with van der Waals surface area (Å²) in [5, 5.41) is 12.3. The Labute approximate surface area is 163 Å². The summed E-state index contributed by atoms with van der Waals surface area (Å²) in [5.74, 6) is 0.0237. The molecule has 0 atom stereocenters. The molecule has 1 aromatic heterocycles. The highest BCUT2D eigenvalue weighted by Crippen LogP contribution is 2.28. The molecule has 1 aliphatic heterocycles. The summed E-state index contributed by atoms with van der Waals surface area (Å²) in [7, 11) is -3.47. The fourth-order valence-electron chi connectivity index (χ4n) is 3.11. The average molecular weight is 409 g/mol. The maximum absolute atomic E-state index is 12.5. The van der Waals surface area contributed by atoms with Crippen molar-refractivity contribution in [2.75, 3.05) is 18.4 Å². The number of hydrogen-bond acceptors (Lipinski definition) is 6. The van der Waals surface area contributed by atoms with E-state index in [0.717, 1.165) is 30.7 Å². The van der Waals surface area contributed by atoms with Gasteiger partial charge in [-0.05, 0) is 49.9 Å². The Hall–Kier alpha value is -1.84. The third-order valence-electron chi connectivity index (χ3n) is 4.82. The van der Waals surface area contributed by atoms with Crippen molar-refractivity contribution in [2.24, 2.45) is 0 Å². The molecule has 146 valence electrons. The molecule has 1 aromatic carbocycles. The van der Waals surface area contributed by atoms with Gasteiger partial charge in [-0.25, -0.2) is 8.42 Å². The SMILES string of the molecule is CCC(CC)c1nnc(NC(=O)c2ccc(S(=O)(=O)N3CCCC3)cc2)s1. The van der Waals surface area contributed by atoms with E-state index < -0.39 is 10.0 Å². The summed E-state index contributed by atoms with van der Waals surface area (Å²) in [6.07, 6.45) is 3.74. The second-order valence-electron chi connectivity index (χ2n) is 6.55. The van der Waals surface area contributed by atoms with Crippen LogP contribution in [0.3, 0.4) is 0 Å². The van der Waals surface area contributed by atoms with Crippen LogP contribution in [-0.4, -0.2) is 41.9 Å². The fraction of sp³-hybridized carbons (Fsp3) is 0.500. The van der Waals surface area contributed by atoms with Crippen LogP contribution in [0.4, 0.5) is 5.13 Å². The van der Waals surface area contributed by atoms with Crippen molar-refractivity contribution >= 4 is 32.4 Å². The molecule has 7 nitrogen and oxygen atoms in total. The molecule has 27 heavy (non-hydrogen) atoms. The van der Waals surface area contributed by atoms with Gasteiger partial charge in [-0.3, -0.25) is 10.1 Å². The Morgan fingerprint density at radius 1 is 1.15 bits per heavy atom. The Kier molecular flexibility index (Phi) is 6.23. The second-order valence-corrected chi connectivity index (χ2v) is 9.50. The summed E-state index contributed by atoms with van der Waals surface area (Å²) in [6, 6.07) is 6.03. The lowest BCUT2D eigenvalue weighted by molar-refractivity contribution is 0.102. The molecular weight excluding hydrogens is 384 g/mol. The van der Waals surface area contributed by atoms with Gasteiger partial charge in [-0.2, -0.15) is 4.31 Å². The van der Waals surface area contributed by atoms with Gasteiger partial charge >= 0.3 is 0 Å². The lowest BCUT2D eigenvalue weighted by atomic mass is 10.1. The molecule has 0 spiro atoms. The van der Waals surface area contributed by atoms with Gasteiger partial charge in [0.15, 0.2) is 0 Å². The number of carbonyl (C=O) groups is 1. The van der Waals surface area contributed by atoms with E-state index >= 15 is 0 Å². The maximum Gasteiger partial charge on any atom is 0.257 e. The summed E-state index contributed by atoms with van der Waals surface area (Å²) < 4.78 is 26.6. The van der Waals surface area contributed by atoms with Crippen molar-refractivity contribution in [3.63, 3.8) is 0 Å². The number of nitrogens with zero attached hydrogens (tertiary/aromatic N) is 3. The van der Waals surface area contributed by atoms with Crippen LogP contribution in [0.1, 0.15) is 60.8 Å². The van der Waals surface area contributed by atoms with E-state index in [4.69, 9.17) is 0 Å². The lowest BCUT2D eigenvalue weighted by Gasteiger charge is -2.15. The second kappa shape index (κ2) is 8.45. The number of rotatable bonds is 7. The highest BCUT2D eigenvalue weighted by molar-refractivity contribution is 7.89. The zero-order valence-electron chi connectivity index (χ0n) is 15.5. The number of benzene rings is 1. The molecule has 1 aliphatic rings. The van der Waals surface area contributed by atoms with Crippen LogP contribution < -0.4 is 5.32 Å². The van der Waals surface area contributed by atoms with Gasteiger partial charge in [-0.1, -0.05) is 25.2 Å². The number of anilines is 1. The van der Waals surface area contributed by atoms with E-state index in [1.54, 1.807) is 0 Å². The molecule has 0 unspecified atom stereocenters. The highest BCUT2D eigenvalue weighted by atomic mass is 32.2. The smallest absolute Gasteiger partial charge is 0.257 e. The maximum atomic E-state index is 12.5. The van der Waals surface area contributed by atoms with Crippen LogP contribution in [-0.2, 0) is 10.0 Å². The molecular formula is C18H24N4O3S2. The Morgan fingerprint density at radius 2 is 1.78 bits per heavy atom. The van der Waals surface area contributed by atoms with E-state index in [2.05, 4.69) is 29.4 Å². The van der Waals surface area contributed by atoms with Gasteiger partial charge in [0, 0.05) is 24.6 Å². The van der Waals surface area contributed by atoms with Crippen LogP contribution >= 0.6 is 11.3 Å². The van der Waals surface area contributed by atoms with Crippen LogP contribution in [0.25, 0.3) is 0 Å². The van der Waals surface area contributed by atoms with Gasteiger partial charge in [0.2, 0.25) is 15.2 Å². The molecule has 0 aliphatic carbocycles. The summed E-state index contributed by atoms with van der Waals surface area (Å²) in [4.78, 5) is 12.6. The van der Waals surface area contributed by atoms with Gasteiger partial charge in [-0.15, -0.1) is 10.2 Å². The normalized spacial score (nSPS) is 15.4. The molecule has 0 radical (unpaired) electrons. The average Bonchev–Trinajstić information content (AvgIpc) is 3.36. The molecule has 1 fully saturated rings. The molecule has 2 heterocycles. The number of carbonyl (C=O) groups excluding carboxylic acids is 1. The highest BCUT2D eigenvalue weighted by Gasteiger charge is 2.27. The zero-order chi connectivity index (χ0) is 19.4. The van der Waals surface area contributed by atoms with Crippen molar-refractivity contribution in [1.82, 2.24) is 14.5 Å². The Morgan fingerprint density at radius 3 is 2.37 bits per heavy atom. The summed E-state index contributed by atoms with van der Waals surface area (Å²) in [5.41, 5.74) is 0.384. The molecule has 0 saturated carbocycles. The van der Waals surface area contributed by atoms with E-state index in [0.29, 0.717) is 29.7 Å². The molecule has 3 rings (SSSR count). The van der Waals surface area contributed by atoms with E-state index in [-0.39, 0.29) is 10.8 Å². The van der Waals surface area contributed by atoms with Crippen LogP contribution in [0.15, 0.2) is 29.2 Å². The number of nitrogens with one attached hydrogen (secondary N) is 1. The summed E-state index contributed by atoms with van der Waals surface area (Å²) in [6.45, 7) is 5.32. The number of hydrogen-bond donors (Lipinski definition) is 1. The van der Waals surface area contributed by atoms with E-state index in [9.17, 15) is 13.2 Å². The van der Waals surface area contributed by atoms with Gasteiger partial charge in [0.05, 0.1) is 4.90 Å². The zero-order valence-corrected chi connectivity index (χ0v) is 17.1. The Bertz CT molecular complexity index is 884. The minimum atomic E-state index is -3.47. The first-order valence-electron chi connectivity index (χ1n) is 9.20. The van der Waals surface area contributed by atoms with Gasteiger partial charge < -0.3 is 0 Å². The van der Waals surface area contributed by atoms with Crippen LogP contribution in [0.5, 0.6) is 0 Å². The van der Waals surface area contributed by atoms with Crippen LogP contribution in [0, 0.1) is 0 Å². The molecule has 9 heteroatoms. The molecule has 1 amide bonds. The number of amides is 1. The monoisotopic (exact) mass is 408 g/mol. The minimum absolute atomic E-state index is 0.216. The number of aromatic nitrogens is 2. The predicted octanol–water partition coefficient (Wildman–Crippen LogP) is 3.48. The molecule has 1 saturated heterocycles. The fourth-order valence-corrected chi connectivity index (χ4v) is 5.64. The van der Waals surface area contributed by atoms with Crippen molar-refractivity contribution in [1.29, 1.82) is 0 Å². The Balaban J connectivity index is 1.69. The number of sulfonamides is 1. The van der Waals surface area contributed by atoms with Crippen molar-refractivity contribution < 1.29 is 13.2 Å². The molecule has 2 aromatic rings. The standard InChI is InChI=1S/C18H24N4O3S2/c1-3-13(4-2)17-20-21-18(26-17)19-16(23)14-7-9-15(10-8-14)27(24,25)22-11-5-6-12-22/h7-10,13H,3-6,11-12H2,1-2H3,(H,19,21,23). The summed E-state index contributed by atoms with van der Waals surface area (Å²) >= 11 is 1.38. The van der Waals surface area contributed by atoms with E-state index in [1.165, 1.54) is 39.9 Å². The quantitative estimate of drug-likeness (QED) is 0.757. The topological polar surface area (TPSA) is 92.3 Å². The third kappa shape index (κ3) is 4.36. The predicted molar refractivity (Wildman–Crippen MR) is 106 cm³/mol. The van der Waals surface area contributed by atoms with E-state index in [1.807, 2.05) is 0 Å². The van der Waals surface area contributed by atoms with Gasteiger partial charge in [0.1, 0.15) is 5.01 Å². The first kappa shape index (κ1) is 19.9.